The maximum Gasteiger partial charge on any atom is 0.118 e. The van der Waals surface area contributed by atoms with Gasteiger partial charge in [-0.1, -0.05) is 24.3 Å². The maximum atomic E-state index is 5.15. The molecule has 0 aliphatic carbocycles. The first-order valence-electron chi connectivity index (χ1n) is 5.88. The Morgan fingerprint density at radius 2 is 1.59 bits per heavy atom. The third-order valence-electron chi connectivity index (χ3n) is 3.02. The van der Waals surface area contributed by atoms with Crippen LogP contribution in [0.3, 0.4) is 0 Å². The zero-order chi connectivity index (χ0) is 12.4. The molecule has 0 saturated heterocycles. The van der Waals surface area contributed by atoms with Crippen LogP contribution < -0.4 is 29.6 Å². The van der Waals surface area contributed by atoms with Crippen LogP contribution in [0.5, 0.6) is 5.75 Å². The van der Waals surface area contributed by atoms with Gasteiger partial charge >= 0.3 is 0 Å². The molecule has 1 heterocycles. The number of hydrogen-bond donors (Lipinski definition) is 0. The number of nitrogens with zero attached hydrogens (tertiary/aromatic N) is 1. The minimum absolute atomic E-state index is 0. The van der Waals surface area contributed by atoms with E-state index in [-0.39, 0.29) is 63.8 Å². The Balaban J connectivity index is 0. The van der Waals surface area contributed by atoms with Gasteiger partial charge in [-0.15, -0.1) is 0 Å². The fourth-order valence-electron chi connectivity index (χ4n) is 2.04. The molecule has 2 nitrogen and oxygen atoms in total. The molecule has 3 aromatic rings. The number of hydrogen-bond acceptors (Lipinski definition) is 1. The second-order valence-corrected chi connectivity index (χ2v) is 4.19. The molecule has 0 amide bonds. The maximum absolute atomic E-state index is 5.15. The topological polar surface area (TPSA) is 14.2 Å². The average molecular weight is 437 g/mol. The first-order valence-corrected chi connectivity index (χ1v) is 5.88. The van der Waals surface area contributed by atoms with Crippen molar-refractivity contribution in [3.63, 3.8) is 0 Å². The van der Waals surface area contributed by atoms with E-state index >= 15 is 0 Å². The number of fused-ring (bicyclic) bond motifs is 1. The standard InChI is InChI=1S/C16H13NO.2ClH.2Zn/c1-18-15-8-6-13(7-9-15)12-17-11-10-14-4-2-3-5-16(14)17;;;;/h2-9H,12H2,1H3;2*1H;;/p-2. The number of benzene rings is 2. The summed E-state index contributed by atoms with van der Waals surface area (Å²) in [7, 11) is 1.68. The molecule has 22 heavy (non-hydrogen) atoms. The fourth-order valence-corrected chi connectivity index (χ4v) is 2.04. The summed E-state index contributed by atoms with van der Waals surface area (Å²) in [5, 5.41) is 1.10. The zero-order valence-corrected chi connectivity index (χ0v) is 19.8. The van der Waals surface area contributed by atoms with Crippen LogP contribution in [0.25, 0.3) is 10.9 Å². The molecular formula is C16H13Cl2NOZn2-2. The van der Waals surface area contributed by atoms with E-state index in [1.807, 2.05) is 24.3 Å². The normalized spacial score (nSPS) is 8.41. The van der Waals surface area contributed by atoms with Crippen LogP contribution in [0.15, 0.2) is 48.5 Å². The quantitative estimate of drug-likeness (QED) is 0.408. The van der Waals surface area contributed by atoms with E-state index in [1.165, 1.54) is 5.56 Å². The van der Waals surface area contributed by atoms with Gasteiger partial charge in [0.1, 0.15) is 5.75 Å². The van der Waals surface area contributed by atoms with Gasteiger partial charge in [-0.2, -0.15) is 0 Å². The van der Waals surface area contributed by atoms with Crippen molar-refractivity contribution in [2.45, 2.75) is 6.54 Å². The van der Waals surface area contributed by atoms with Gasteiger partial charge in [-0.05, 0) is 35.9 Å². The van der Waals surface area contributed by atoms with Gasteiger partial charge in [0, 0.05) is 45.2 Å². The summed E-state index contributed by atoms with van der Waals surface area (Å²) >= 11 is 0. The molecule has 1 aromatic heterocycles. The predicted molar refractivity (Wildman–Crippen MR) is 71.7 cm³/mol. The van der Waals surface area contributed by atoms with Gasteiger partial charge in [0.05, 0.1) is 24.6 Å². The summed E-state index contributed by atoms with van der Waals surface area (Å²) in [4.78, 5) is 0. The van der Waals surface area contributed by atoms with Gasteiger partial charge in [0.25, 0.3) is 0 Å². The summed E-state index contributed by atoms with van der Waals surface area (Å²) < 4.78 is 7.23. The third-order valence-corrected chi connectivity index (χ3v) is 3.02. The van der Waals surface area contributed by atoms with Crippen LogP contribution in [0.4, 0.5) is 0 Å². The van der Waals surface area contributed by atoms with E-state index in [0.29, 0.717) is 0 Å². The van der Waals surface area contributed by atoms with Crippen LogP contribution in [0.1, 0.15) is 5.56 Å². The molecule has 0 aliphatic heterocycles. The minimum atomic E-state index is 0. The molecule has 3 rings (SSSR count). The van der Waals surface area contributed by atoms with E-state index in [2.05, 4.69) is 41.1 Å². The van der Waals surface area contributed by atoms with Crippen LogP contribution >= 0.6 is 0 Å². The van der Waals surface area contributed by atoms with Crippen molar-refractivity contribution in [2.24, 2.45) is 0 Å². The van der Waals surface area contributed by atoms with E-state index in [1.54, 1.807) is 7.11 Å². The van der Waals surface area contributed by atoms with Gasteiger partial charge in [-0.25, -0.2) is 0 Å². The molecule has 2 aromatic carbocycles. The first-order chi connectivity index (χ1) is 8.86. The summed E-state index contributed by atoms with van der Waals surface area (Å²) in [6.07, 6.45) is 3.15. The van der Waals surface area contributed by atoms with Crippen molar-refractivity contribution in [3.8, 4) is 5.75 Å². The molecule has 0 radical (unpaired) electrons. The second kappa shape index (κ2) is 11.0. The van der Waals surface area contributed by atoms with E-state index in [0.717, 1.165) is 23.2 Å². The Morgan fingerprint density at radius 3 is 2.23 bits per heavy atom. The van der Waals surface area contributed by atoms with Gasteiger partial charge in [0.15, 0.2) is 0 Å². The van der Waals surface area contributed by atoms with Crippen LogP contribution in [-0.4, -0.2) is 11.7 Å². The molecule has 0 unspecified atom stereocenters. The summed E-state index contributed by atoms with van der Waals surface area (Å²) in [5.74, 6) is 0.881. The number of rotatable bonds is 3. The SMILES string of the molecule is COc1ccc(Cn2c#cc3ccccc32)cc1.[Cl-].[Cl-].[Zn].[Zn]. The monoisotopic (exact) mass is 433 g/mol. The Hall–Kier alpha value is -0.573. The molecule has 6 heteroatoms. The number of methoxy groups -OCH3 is 1. The van der Waals surface area contributed by atoms with Crippen LogP contribution in [0.2, 0.25) is 0 Å². The molecule has 0 fully saturated rings. The van der Waals surface area contributed by atoms with Crippen molar-refractivity contribution < 1.29 is 68.5 Å². The molecule has 0 saturated carbocycles. The number of halogens is 2. The van der Waals surface area contributed by atoms with Crippen molar-refractivity contribution in [1.29, 1.82) is 0 Å². The zero-order valence-electron chi connectivity index (χ0n) is 12.4. The molecule has 0 bridgehead atoms. The number of ether oxygens (including phenoxy) is 1. The second-order valence-electron chi connectivity index (χ2n) is 4.19. The van der Waals surface area contributed by atoms with Gasteiger partial charge < -0.3 is 29.6 Å². The summed E-state index contributed by atoms with van der Waals surface area (Å²) in [6, 6.07) is 19.4. The van der Waals surface area contributed by atoms with Gasteiger partial charge in [0.2, 0.25) is 0 Å². The molecule has 0 aliphatic rings. The van der Waals surface area contributed by atoms with Crippen molar-refractivity contribution in [1.82, 2.24) is 4.57 Å². The molecule has 0 atom stereocenters. The summed E-state index contributed by atoms with van der Waals surface area (Å²) in [6.45, 7) is 0.800. The Bertz CT molecular complexity index is 671. The fraction of sp³-hybridized carbons (Fsp3) is 0.125. The van der Waals surface area contributed by atoms with Gasteiger partial charge in [-0.3, -0.25) is 4.57 Å². The van der Waals surface area contributed by atoms with Crippen LogP contribution in [-0.2, 0) is 45.5 Å². The number of aromatic nitrogens is 1. The van der Waals surface area contributed by atoms with Crippen molar-refractivity contribution >= 4 is 10.9 Å². The minimum Gasteiger partial charge on any atom is -1.00 e. The van der Waals surface area contributed by atoms with Crippen molar-refractivity contribution in [3.05, 3.63) is 66.4 Å². The van der Waals surface area contributed by atoms with E-state index in [4.69, 9.17) is 4.74 Å². The largest absolute Gasteiger partial charge is 1.00 e. The van der Waals surface area contributed by atoms with E-state index in [9.17, 15) is 0 Å². The third kappa shape index (κ3) is 5.26. The Labute approximate surface area is 169 Å². The Morgan fingerprint density at radius 1 is 0.955 bits per heavy atom. The van der Waals surface area contributed by atoms with E-state index < -0.39 is 0 Å². The molecule has 0 N–H and O–H groups in total. The Kier molecular flexibility index (Phi) is 11.9. The summed E-state index contributed by atoms with van der Waals surface area (Å²) in [5.41, 5.74) is 2.38. The number of para-hydroxylation sites is 1. The average Bonchev–Trinajstić information content (AvgIpc) is 2.83. The van der Waals surface area contributed by atoms with Crippen molar-refractivity contribution in [2.75, 3.05) is 7.11 Å². The molecule has 108 valence electrons. The van der Waals surface area contributed by atoms with Crippen LogP contribution in [0, 0.1) is 12.3 Å². The predicted octanol–water partition coefficient (Wildman–Crippen LogP) is -2.70. The molecular weight excluding hydrogens is 424 g/mol. The molecule has 0 spiro atoms. The smallest absolute Gasteiger partial charge is 0.118 e. The first kappa shape index (κ1) is 23.7.